The molecule has 3 amide bonds. The molecule has 186 valence electrons. The van der Waals surface area contributed by atoms with Gasteiger partial charge in [-0.25, -0.2) is 4.79 Å². The van der Waals surface area contributed by atoms with Crippen molar-refractivity contribution in [2.24, 2.45) is 0 Å². The van der Waals surface area contributed by atoms with Crippen molar-refractivity contribution < 1.29 is 19.1 Å². The molecule has 1 atom stereocenters. The quantitative estimate of drug-likeness (QED) is 0.565. The molecule has 7 nitrogen and oxygen atoms in total. The van der Waals surface area contributed by atoms with E-state index in [0.29, 0.717) is 16.8 Å². The van der Waals surface area contributed by atoms with Gasteiger partial charge in [0.15, 0.2) is 0 Å². The van der Waals surface area contributed by atoms with E-state index >= 15 is 0 Å². The zero-order valence-corrected chi connectivity index (χ0v) is 21.6. The van der Waals surface area contributed by atoms with Crippen molar-refractivity contribution in [1.29, 1.82) is 0 Å². The summed E-state index contributed by atoms with van der Waals surface area (Å²) in [4.78, 5) is 40.6. The highest BCUT2D eigenvalue weighted by Gasteiger charge is 2.34. The number of carbonyl (C=O) groups is 3. The molecule has 7 heteroatoms. The highest BCUT2D eigenvalue weighted by molar-refractivity contribution is 5.99. The molecule has 0 bridgehead atoms. The highest BCUT2D eigenvalue weighted by atomic mass is 16.6. The summed E-state index contributed by atoms with van der Waals surface area (Å²) in [6, 6.07) is 11.4. The molecule has 0 saturated heterocycles. The fourth-order valence-electron chi connectivity index (χ4n) is 3.69. The van der Waals surface area contributed by atoms with Crippen molar-refractivity contribution in [3.8, 4) is 12.3 Å². The Balaban J connectivity index is 2.41. The van der Waals surface area contributed by atoms with Crippen molar-refractivity contribution >= 4 is 23.6 Å². The third-order valence-electron chi connectivity index (χ3n) is 5.28. The van der Waals surface area contributed by atoms with E-state index in [1.54, 1.807) is 45.0 Å². The van der Waals surface area contributed by atoms with E-state index in [1.807, 2.05) is 45.9 Å². The minimum Gasteiger partial charge on any atom is -0.444 e. The first-order valence-electron chi connectivity index (χ1n) is 11.6. The Bertz CT molecular complexity index is 1090. The zero-order valence-electron chi connectivity index (χ0n) is 21.6. The number of anilines is 1. The van der Waals surface area contributed by atoms with Gasteiger partial charge in [0.05, 0.1) is 0 Å². The molecule has 0 aliphatic carbocycles. The number of hydrogen-bond donors (Lipinski definition) is 2. The summed E-state index contributed by atoms with van der Waals surface area (Å²) in [5.41, 5.74) is 3.09. The van der Waals surface area contributed by atoms with Gasteiger partial charge in [-0.15, -0.1) is 6.42 Å². The van der Waals surface area contributed by atoms with Crippen molar-refractivity contribution in [2.45, 2.75) is 66.2 Å². The maximum Gasteiger partial charge on any atom is 0.408 e. The summed E-state index contributed by atoms with van der Waals surface area (Å²) in [7, 11) is 0. The van der Waals surface area contributed by atoms with E-state index in [0.717, 1.165) is 11.1 Å². The number of nitrogens with one attached hydrogen (secondary N) is 2. The van der Waals surface area contributed by atoms with E-state index < -0.39 is 23.6 Å². The van der Waals surface area contributed by atoms with E-state index in [2.05, 4.69) is 16.6 Å². The average molecular weight is 478 g/mol. The Morgan fingerprint density at radius 2 is 1.60 bits per heavy atom. The maximum atomic E-state index is 13.7. The fourth-order valence-corrected chi connectivity index (χ4v) is 3.69. The minimum atomic E-state index is -0.950. The lowest BCUT2D eigenvalue weighted by molar-refractivity contribution is -0.140. The van der Waals surface area contributed by atoms with Crippen LogP contribution in [-0.2, 0) is 14.3 Å². The van der Waals surface area contributed by atoms with E-state index in [1.165, 1.54) is 4.90 Å². The second kappa shape index (κ2) is 11.6. The molecule has 0 spiro atoms. The van der Waals surface area contributed by atoms with Gasteiger partial charge in [-0.3, -0.25) is 9.59 Å². The predicted molar refractivity (Wildman–Crippen MR) is 138 cm³/mol. The van der Waals surface area contributed by atoms with Crippen LogP contribution in [0.4, 0.5) is 10.5 Å². The van der Waals surface area contributed by atoms with Gasteiger partial charge in [-0.05, 0) is 77.3 Å². The molecule has 2 aromatic carbocycles. The number of nitrogens with zero attached hydrogens (tertiary/aromatic N) is 1. The molecule has 2 aromatic rings. The third kappa shape index (κ3) is 7.61. The van der Waals surface area contributed by atoms with Crippen LogP contribution in [0.2, 0.25) is 0 Å². The Kier molecular flexibility index (Phi) is 9.07. The molecular weight excluding hydrogens is 442 g/mol. The molecule has 0 fully saturated rings. The topological polar surface area (TPSA) is 87.7 Å². The standard InChI is InChI=1S/C28H35N3O4/c1-9-21-13-15-22(16-14-21)25(26(33)30-24-19(4)11-10-12-20(24)5)31(18(2)3)23(32)17-29-27(34)35-28(6,7)8/h1,10-16,18,25H,17H2,2-8H3,(H,29,34)(H,30,33). The first kappa shape index (κ1) is 27.5. The van der Waals surface area contributed by atoms with Gasteiger partial charge in [0, 0.05) is 17.3 Å². The van der Waals surface area contributed by atoms with Crippen LogP contribution >= 0.6 is 0 Å². The van der Waals surface area contributed by atoms with E-state index in [4.69, 9.17) is 11.2 Å². The first-order chi connectivity index (χ1) is 16.3. The largest absolute Gasteiger partial charge is 0.444 e. The van der Waals surface area contributed by atoms with Crippen LogP contribution in [-0.4, -0.2) is 41.0 Å². The number of ether oxygens (including phenoxy) is 1. The van der Waals surface area contributed by atoms with Gasteiger partial charge in [-0.1, -0.05) is 36.3 Å². The second-order valence-electron chi connectivity index (χ2n) is 9.68. The molecule has 2 rings (SSSR count). The monoisotopic (exact) mass is 477 g/mol. The lowest BCUT2D eigenvalue weighted by Gasteiger charge is -2.35. The molecule has 1 unspecified atom stereocenters. The summed E-state index contributed by atoms with van der Waals surface area (Å²) >= 11 is 0. The smallest absolute Gasteiger partial charge is 0.408 e. The lowest BCUT2D eigenvalue weighted by Crippen LogP contribution is -2.49. The molecule has 2 N–H and O–H groups in total. The molecule has 0 saturated carbocycles. The van der Waals surface area contributed by atoms with Gasteiger partial charge >= 0.3 is 6.09 Å². The van der Waals surface area contributed by atoms with Gasteiger partial charge in [0.2, 0.25) is 5.91 Å². The Morgan fingerprint density at radius 1 is 1.03 bits per heavy atom. The van der Waals surface area contributed by atoms with Crippen LogP contribution in [0.15, 0.2) is 42.5 Å². The van der Waals surface area contributed by atoms with Crippen molar-refractivity contribution in [3.63, 3.8) is 0 Å². The van der Waals surface area contributed by atoms with Crippen LogP contribution in [0.3, 0.4) is 0 Å². The summed E-state index contributed by atoms with van der Waals surface area (Å²) < 4.78 is 5.23. The van der Waals surface area contributed by atoms with Crippen LogP contribution in [0.25, 0.3) is 0 Å². The maximum absolute atomic E-state index is 13.7. The normalized spacial score (nSPS) is 11.9. The molecule has 0 aliphatic heterocycles. The second-order valence-corrected chi connectivity index (χ2v) is 9.68. The highest BCUT2D eigenvalue weighted by Crippen LogP contribution is 2.28. The number of alkyl carbamates (subject to hydrolysis) is 1. The Hall–Kier alpha value is -3.79. The Morgan fingerprint density at radius 3 is 2.09 bits per heavy atom. The molecule has 0 heterocycles. The third-order valence-corrected chi connectivity index (χ3v) is 5.28. The van der Waals surface area contributed by atoms with Crippen molar-refractivity contribution in [3.05, 3.63) is 64.7 Å². The summed E-state index contributed by atoms with van der Waals surface area (Å²) in [5.74, 6) is 1.77. The van der Waals surface area contributed by atoms with Crippen LogP contribution in [0.1, 0.15) is 62.9 Å². The van der Waals surface area contributed by atoms with E-state index in [-0.39, 0.29) is 18.5 Å². The lowest BCUT2D eigenvalue weighted by atomic mass is 10.00. The number of rotatable bonds is 7. The molecular formula is C28H35N3O4. The average Bonchev–Trinajstić information content (AvgIpc) is 2.77. The SMILES string of the molecule is C#Cc1ccc(C(C(=O)Nc2c(C)cccc2C)N(C(=O)CNC(=O)OC(C)(C)C)C(C)C)cc1. The Labute approximate surface area is 208 Å². The molecule has 0 aliphatic rings. The van der Waals surface area contributed by atoms with Gasteiger partial charge in [-0.2, -0.15) is 0 Å². The zero-order chi connectivity index (χ0) is 26.3. The number of hydrogen-bond acceptors (Lipinski definition) is 4. The van der Waals surface area contributed by atoms with Crippen molar-refractivity contribution in [2.75, 3.05) is 11.9 Å². The number of benzene rings is 2. The summed E-state index contributed by atoms with van der Waals surface area (Å²) in [5, 5.41) is 5.50. The predicted octanol–water partition coefficient (Wildman–Crippen LogP) is 4.73. The number of amides is 3. The van der Waals surface area contributed by atoms with Gasteiger partial charge < -0.3 is 20.3 Å². The first-order valence-corrected chi connectivity index (χ1v) is 11.6. The fraction of sp³-hybridized carbons (Fsp3) is 0.393. The number of carbonyl (C=O) groups excluding carboxylic acids is 3. The molecule has 0 radical (unpaired) electrons. The minimum absolute atomic E-state index is 0.317. The van der Waals surface area contributed by atoms with Crippen molar-refractivity contribution in [1.82, 2.24) is 10.2 Å². The number of para-hydroxylation sites is 1. The van der Waals surface area contributed by atoms with E-state index in [9.17, 15) is 14.4 Å². The van der Waals surface area contributed by atoms with Crippen LogP contribution in [0.5, 0.6) is 0 Å². The molecule has 35 heavy (non-hydrogen) atoms. The summed E-state index contributed by atoms with van der Waals surface area (Å²) in [6.07, 6.45) is 4.79. The van der Waals surface area contributed by atoms with Crippen LogP contribution in [0, 0.1) is 26.2 Å². The van der Waals surface area contributed by atoms with Gasteiger partial charge in [0.1, 0.15) is 18.2 Å². The van der Waals surface area contributed by atoms with Gasteiger partial charge in [0.25, 0.3) is 5.91 Å². The summed E-state index contributed by atoms with van der Waals surface area (Å²) in [6.45, 7) is 12.4. The van der Waals surface area contributed by atoms with Crippen LogP contribution < -0.4 is 10.6 Å². The molecule has 0 aromatic heterocycles. The number of terminal acetylenes is 1. The number of aryl methyl sites for hydroxylation is 2.